The van der Waals surface area contributed by atoms with Crippen molar-refractivity contribution >= 4 is 0 Å². The number of aliphatic hydroxyl groups excluding tert-OH is 1. The van der Waals surface area contributed by atoms with Gasteiger partial charge in [-0.1, -0.05) is 36.8 Å². The van der Waals surface area contributed by atoms with Gasteiger partial charge in [0.1, 0.15) is 18.3 Å². The Bertz CT molecular complexity index is 513. The molecular formula is C18H24O5. The Morgan fingerprint density at radius 2 is 1.78 bits per heavy atom. The molecule has 2 heterocycles. The molecule has 4 atom stereocenters. The number of fused-ring (bicyclic) bond motifs is 1. The van der Waals surface area contributed by atoms with Crippen molar-refractivity contribution in [3.63, 3.8) is 0 Å². The van der Waals surface area contributed by atoms with Crippen LogP contribution in [-0.2, 0) is 25.6 Å². The number of aliphatic hydroxyl groups is 1. The Morgan fingerprint density at radius 1 is 1.04 bits per heavy atom. The molecular weight excluding hydrogens is 296 g/mol. The van der Waals surface area contributed by atoms with E-state index >= 15 is 0 Å². The molecule has 126 valence electrons. The molecule has 3 fully saturated rings. The maximum absolute atomic E-state index is 10.1. The number of hydrogen-bond donors (Lipinski definition) is 1. The van der Waals surface area contributed by atoms with Crippen LogP contribution in [0.15, 0.2) is 30.3 Å². The van der Waals surface area contributed by atoms with E-state index in [-0.39, 0.29) is 12.2 Å². The molecule has 3 aliphatic rings. The number of ether oxygens (including phenoxy) is 4. The minimum absolute atomic E-state index is 0.237. The third-order valence-electron chi connectivity index (χ3n) is 5.00. The Balaban J connectivity index is 1.34. The number of hydrogen-bond acceptors (Lipinski definition) is 5. The predicted octanol–water partition coefficient (Wildman–Crippen LogP) is 2.36. The second kappa shape index (κ2) is 6.49. The zero-order valence-electron chi connectivity index (χ0n) is 13.2. The molecule has 1 saturated carbocycles. The summed E-state index contributed by atoms with van der Waals surface area (Å²) in [5.41, 5.74) is 1.12. The lowest BCUT2D eigenvalue weighted by Gasteiger charge is -2.33. The van der Waals surface area contributed by atoms with E-state index in [1.54, 1.807) is 0 Å². The lowest BCUT2D eigenvalue weighted by Crippen LogP contribution is -2.37. The first-order valence-corrected chi connectivity index (χ1v) is 8.57. The van der Waals surface area contributed by atoms with Gasteiger partial charge in [-0.2, -0.15) is 0 Å². The van der Waals surface area contributed by atoms with Gasteiger partial charge in [-0.25, -0.2) is 0 Å². The normalized spacial score (nSPS) is 35.5. The van der Waals surface area contributed by atoms with E-state index in [1.165, 1.54) is 6.42 Å². The van der Waals surface area contributed by atoms with Crippen LogP contribution in [0.5, 0.6) is 0 Å². The van der Waals surface area contributed by atoms with Gasteiger partial charge >= 0.3 is 0 Å². The lowest BCUT2D eigenvalue weighted by molar-refractivity contribution is -0.250. The van der Waals surface area contributed by atoms with Crippen LogP contribution in [0.1, 0.15) is 37.7 Å². The van der Waals surface area contributed by atoms with Crippen molar-refractivity contribution in [2.24, 2.45) is 0 Å². The van der Waals surface area contributed by atoms with E-state index in [1.807, 2.05) is 30.3 Å². The summed E-state index contributed by atoms with van der Waals surface area (Å²) < 4.78 is 23.6. The van der Waals surface area contributed by atoms with Crippen LogP contribution >= 0.6 is 0 Å². The zero-order chi connectivity index (χ0) is 15.7. The molecule has 5 heteroatoms. The summed E-state index contributed by atoms with van der Waals surface area (Å²) >= 11 is 0. The van der Waals surface area contributed by atoms with Crippen molar-refractivity contribution in [1.82, 2.24) is 0 Å². The minimum atomic E-state index is -0.924. The first-order valence-electron chi connectivity index (χ1n) is 8.57. The van der Waals surface area contributed by atoms with E-state index in [0.717, 1.165) is 31.2 Å². The van der Waals surface area contributed by atoms with Crippen LogP contribution in [0.2, 0.25) is 0 Å². The molecule has 0 amide bonds. The molecule has 1 N–H and O–H groups in total. The maximum atomic E-state index is 10.1. The van der Waals surface area contributed by atoms with Crippen molar-refractivity contribution in [2.45, 2.75) is 69.1 Å². The molecule has 0 aromatic heterocycles. The van der Waals surface area contributed by atoms with Crippen molar-refractivity contribution in [2.75, 3.05) is 6.61 Å². The molecule has 1 aromatic carbocycles. The van der Waals surface area contributed by atoms with Crippen LogP contribution in [-0.4, -0.2) is 42.1 Å². The summed E-state index contributed by atoms with van der Waals surface area (Å²) in [6.45, 7) is 0.923. The summed E-state index contributed by atoms with van der Waals surface area (Å²) in [4.78, 5) is 0. The molecule has 0 bridgehead atoms. The molecule has 1 aromatic rings. The first kappa shape index (κ1) is 15.5. The van der Waals surface area contributed by atoms with Gasteiger partial charge in [0.25, 0.3) is 0 Å². The van der Waals surface area contributed by atoms with Crippen LogP contribution in [0, 0.1) is 0 Å². The fourth-order valence-corrected chi connectivity index (χ4v) is 3.83. The fraction of sp³-hybridized carbons (Fsp3) is 0.667. The Morgan fingerprint density at radius 3 is 2.57 bits per heavy atom. The second-order valence-corrected chi connectivity index (χ2v) is 6.70. The highest BCUT2D eigenvalue weighted by molar-refractivity contribution is 5.13. The van der Waals surface area contributed by atoms with Crippen LogP contribution in [0.3, 0.4) is 0 Å². The van der Waals surface area contributed by atoms with Gasteiger partial charge in [0.2, 0.25) is 0 Å². The van der Waals surface area contributed by atoms with Gasteiger partial charge in [0.05, 0.1) is 13.2 Å². The van der Waals surface area contributed by atoms with Gasteiger partial charge in [-0.15, -0.1) is 0 Å². The van der Waals surface area contributed by atoms with E-state index < -0.39 is 18.2 Å². The van der Waals surface area contributed by atoms with Gasteiger partial charge in [0, 0.05) is 12.8 Å². The highest BCUT2D eigenvalue weighted by atomic mass is 16.8. The maximum Gasteiger partial charge on any atom is 0.184 e. The topological polar surface area (TPSA) is 57.2 Å². The smallest absolute Gasteiger partial charge is 0.184 e. The molecule has 4 rings (SSSR count). The van der Waals surface area contributed by atoms with Gasteiger partial charge in [-0.05, 0) is 18.4 Å². The summed E-state index contributed by atoms with van der Waals surface area (Å²) in [6, 6.07) is 10.0. The highest BCUT2D eigenvalue weighted by Gasteiger charge is 2.57. The molecule has 1 spiro atoms. The third kappa shape index (κ3) is 3.16. The average molecular weight is 320 g/mol. The lowest BCUT2D eigenvalue weighted by atomic mass is 9.94. The molecule has 23 heavy (non-hydrogen) atoms. The third-order valence-corrected chi connectivity index (χ3v) is 5.00. The zero-order valence-corrected chi connectivity index (χ0v) is 13.2. The van der Waals surface area contributed by atoms with E-state index in [4.69, 9.17) is 18.9 Å². The fourth-order valence-electron chi connectivity index (χ4n) is 3.83. The quantitative estimate of drug-likeness (QED) is 0.923. The van der Waals surface area contributed by atoms with Crippen molar-refractivity contribution in [1.29, 1.82) is 0 Å². The molecule has 5 nitrogen and oxygen atoms in total. The van der Waals surface area contributed by atoms with Crippen LogP contribution < -0.4 is 0 Å². The SMILES string of the molecule is OC1OC(COCc2ccccc2)C2OC3(CCCCC3)OC12. The summed E-state index contributed by atoms with van der Waals surface area (Å²) in [7, 11) is 0. The number of benzene rings is 1. The minimum Gasteiger partial charge on any atom is -0.374 e. The Kier molecular flexibility index (Phi) is 4.39. The van der Waals surface area contributed by atoms with E-state index in [0.29, 0.717) is 13.2 Å². The summed E-state index contributed by atoms with van der Waals surface area (Å²) in [5, 5.41) is 10.1. The molecule has 2 saturated heterocycles. The molecule has 1 aliphatic carbocycles. The number of rotatable bonds is 4. The second-order valence-electron chi connectivity index (χ2n) is 6.70. The van der Waals surface area contributed by atoms with Gasteiger partial charge in [0.15, 0.2) is 12.1 Å². The molecule has 0 radical (unpaired) electrons. The predicted molar refractivity (Wildman–Crippen MR) is 82.5 cm³/mol. The Labute approximate surface area is 136 Å². The van der Waals surface area contributed by atoms with E-state index in [9.17, 15) is 5.11 Å². The highest BCUT2D eigenvalue weighted by Crippen LogP contribution is 2.45. The summed E-state index contributed by atoms with van der Waals surface area (Å²) in [6.07, 6.45) is 3.45. The van der Waals surface area contributed by atoms with E-state index in [2.05, 4.69) is 0 Å². The average Bonchev–Trinajstić information content (AvgIpc) is 3.07. The van der Waals surface area contributed by atoms with Crippen LogP contribution in [0.4, 0.5) is 0 Å². The largest absolute Gasteiger partial charge is 0.374 e. The molecule has 2 aliphatic heterocycles. The van der Waals surface area contributed by atoms with Crippen LogP contribution in [0.25, 0.3) is 0 Å². The van der Waals surface area contributed by atoms with Crippen molar-refractivity contribution in [3.8, 4) is 0 Å². The van der Waals surface area contributed by atoms with Crippen molar-refractivity contribution < 1.29 is 24.1 Å². The standard InChI is InChI=1S/C18H24O5/c19-17-16-15(22-18(23-16)9-5-2-6-10-18)14(21-17)12-20-11-13-7-3-1-4-8-13/h1,3-4,7-8,14-17,19H,2,5-6,9-12H2. The summed E-state index contributed by atoms with van der Waals surface area (Å²) in [5.74, 6) is -0.504. The molecule has 4 unspecified atom stereocenters. The monoisotopic (exact) mass is 320 g/mol. The van der Waals surface area contributed by atoms with Gasteiger partial charge < -0.3 is 24.1 Å². The Hall–Kier alpha value is -0.980. The first-order chi connectivity index (χ1) is 11.3. The van der Waals surface area contributed by atoms with Crippen molar-refractivity contribution in [3.05, 3.63) is 35.9 Å². The van der Waals surface area contributed by atoms with Gasteiger partial charge in [-0.3, -0.25) is 0 Å².